The van der Waals surface area contributed by atoms with Gasteiger partial charge in [0.1, 0.15) is 0 Å². The zero-order chi connectivity index (χ0) is 12.3. The second-order valence-corrected chi connectivity index (χ2v) is 6.02. The van der Waals surface area contributed by atoms with Crippen LogP contribution in [0.25, 0.3) is 10.2 Å². The molecule has 0 aliphatic rings. The van der Waals surface area contributed by atoms with Gasteiger partial charge in [0.25, 0.3) is 0 Å². The third kappa shape index (κ3) is 3.40. The van der Waals surface area contributed by atoms with Crippen molar-refractivity contribution in [2.45, 2.75) is 6.92 Å². The number of hydrogen-bond donors (Lipinski definition) is 1. The van der Waals surface area contributed by atoms with Crippen LogP contribution in [-0.2, 0) is 4.74 Å². The highest BCUT2D eigenvalue weighted by atomic mass is 79.9. The molecule has 92 valence electrons. The van der Waals surface area contributed by atoms with Crippen LogP contribution in [-0.4, -0.2) is 25.2 Å². The number of halogens is 1. The van der Waals surface area contributed by atoms with E-state index >= 15 is 0 Å². The molecule has 0 amide bonds. The maximum absolute atomic E-state index is 5.10. The monoisotopic (exact) mass is 314 g/mol. The molecular weight excluding hydrogens is 300 g/mol. The number of ether oxygens (including phenoxy) is 1. The van der Waals surface area contributed by atoms with Crippen LogP contribution in [0.5, 0.6) is 0 Å². The molecule has 1 atom stereocenters. The summed E-state index contributed by atoms with van der Waals surface area (Å²) in [5.41, 5.74) is 1.03. The van der Waals surface area contributed by atoms with Crippen LogP contribution >= 0.6 is 27.3 Å². The first-order valence-corrected chi connectivity index (χ1v) is 7.09. The predicted molar refractivity (Wildman–Crippen MR) is 76.8 cm³/mol. The van der Waals surface area contributed by atoms with Gasteiger partial charge in [-0.3, -0.25) is 0 Å². The molecule has 1 heterocycles. The summed E-state index contributed by atoms with van der Waals surface area (Å²) >= 11 is 5.13. The lowest BCUT2D eigenvalue weighted by atomic mass is 10.2. The van der Waals surface area contributed by atoms with Crippen molar-refractivity contribution in [2.24, 2.45) is 5.92 Å². The largest absolute Gasteiger partial charge is 0.384 e. The third-order valence-corrected chi connectivity index (χ3v) is 3.89. The fourth-order valence-corrected chi connectivity index (χ4v) is 2.78. The standard InChI is InChI=1S/C12H15BrN2OS/c1-8(7-16-2)6-14-12-15-10-5-9(13)3-4-11(10)17-12/h3-5,8H,6-7H2,1-2H3,(H,14,15). The molecule has 2 rings (SSSR count). The molecule has 0 radical (unpaired) electrons. The Morgan fingerprint density at radius 3 is 3.12 bits per heavy atom. The smallest absolute Gasteiger partial charge is 0.183 e. The van der Waals surface area contributed by atoms with Gasteiger partial charge in [0.05, 0.1) is 16.8 Å². The van der Waals surface area contributed by atoms with Crippen molar-refractivity contribution in [3.63, 3.8) is 0 Å². The average Bonchev–Trinajstić information content (AvgIpc) is 2.68. The van der Waals surface area contributed by atoms with Crippen LogP contribution in [0.2, 0.25) is 0 Å². The Hall–Kier alpha value is -0.650. The Morgan fingerprint density at radius 1 is 1.53 bits per heavy atom. The Labute approximate surface area is 113 Å². The lowest BCUT2D eigenvalue weighted by Crippen LogP contribution is -2.15. The van der Waals surface area contributed by atoms with E-state index in [4.69, 9.17) is 4.74 Å². The molecule has 3 nitrogen and oxygen atoms in total. The predicted octanol–water partition coefficient (Wildman–Crippen LogP) is 3.75. The number of benzene rings is 1. The maximum atomic E-state index is 5.10. The Kier molecular flexibility index (Phi) is 4.36. The summed E-state index contributed by atoms with van der Waals surface area (Å²) in [5, 5.41) is 4.32. The second-order valence-electron chi connectivity index (χ2n) is 4.07. The van der Waals surface area contributed by atoms with E-state index in [0.29, 0.717) is 5.92 Å². The second kappa shape index (κ2) is 5.80. The molecule has 2 aromatic rings. The minimum atomic E-state index is 0.485. The molecule has 0 saturated heterocycles. The molecule has 17 heavy (non-hydrogen) atoms. The minimum absolute atomic E-state index is 0.485. The highest BCUT2D eigenvalue weighted by Crippen LogP contribution is 2.28. The van der Waals surface area contributed by atoms with Gasteiger partial charge < -0.3 is 10.1 Å². The highest BCUT2D eigenvalue weighted by Gasteiger charge is 2.06. The van der Waals surface area contributed by atoms with Gasteiger partial charge in [-0.2, -0.15) is 0 Å². The summed E-state index contributed by atoms with van der Waals surface area (Å²) in [6, 6.07) is 6.16. The Bertz CT molecular complexity index is 500. The number of methoxy groups -OCH3 is 1. The first kappa shape index (κ1) is 12.8. The van der Waals surface area contributed by atoms with Gasteiger partial charge in [-0.25, -0.2) is 4.98 Å². The maximum Gasteiger partial charge on any atom is 0.183 e. The molecule has 1 N–H and O–H groups in total. The molecule has 0 spiro atoms. The summed E-state index contributed by atoms with van der Waals surface area (Å²) < 4.78 is 7.37. The summed E-state index contributed by atoms with van der Waals surface area (Å²) in [5.74, 6) is 0.485. The van der Waals surface area contributed by atoms with Gasteiger partial charge in [0, 0.05) is 18.1 Å². The normalized spacial score (nSPS) is 12.9. The van der Waals surface area contributed by atoms with Crippen molar-refractivity contribution in [1.82, 2.24) is 4.98 Å². The molecule has 0 bridgehead atoms. The summed E-state index contributed by atoms with van der Waals surface area (Å²) in [6.07, 6.45) is 0. The van der Waals surface area contributed by atoms with Crippen LogP contribution in [0.4, 0.5) is 5.13 Å². The SMILES string of the molecule is COCC(C)CNc1nc2cc(Br)ccc2s1. The van der Waals surface area contributed by atoms with Crippen molar-refractivity contribution < 1.29 is 4.74 Å². The quantitative estimate of drug-likeness (QED) is 0.912. The number of thiazole rings is 1. The van der Waals surface area contributed by atoms with Crippen LogP contribution < -0.4 is 5.32 Å². The number of fused-ring (bicyclic) bond motifs is 1. The molecule has 0 fully saturated rings. The van der Waals surface area contributed by atoms with Crippen molar-refractivity contribution in [3.8, 4) is 0 Å². The number of rotatable bonds is 5. The number of nitrogens with one attached hydrogen (secondary N) is 1. The van der Waals surface area contributed by atoms with Crippen molar-refractivity contribution >= 4 is 42.6 Å². The van der Waals surface area contributed by atoms with E-state index in [-0.39, 0.29) is 0 Å². The number of aromatic nitrogens is 1. The van der Waals surface area contributed by atoms with Crippen molar-refractivity contribution in [3.05, 3.63) is 22.7 Å². The Balaban J connectivity index is 2.04. The van der Waals surface area contributed by atoms with E-state index in [2.05, 4.69) is 39.2 Å². The molecule has 1 unspecified atom stereocenters. The highest BCUT2D eigenvalue weighted by molar-refractivity contribution is 9.10. The van der Waals surface area contributed by atoms with Crippen LogP contribution in [0, 0.1) is 5.92 Å². The molecule has 0 aliphatic heterocycles. The first-order valence-electron chi connectivity index (χ1n) is 5.48. The van der Waals surface area contributed by atoms with E-state index in [0.717, 1.165) is 28.3 Å². The minimum Gasteiger partial charge on any atom is -0.384 e. The number of anilines is 1. The fraction of sp³-hybridized carbons (Fsp3) is 0.417. The van der Waals surface area contributed by atoms with Crippen LogP contribution in [0.3, 0.4) is 0 Å². The Morgan fingerprint density at radius 2 is 2.35 bits per heavy atom. The van der Waals surface area contributed by atoms with Gasteiger partial charge in [-0.05, 0) is 24.1 Å². The lowest BCUT2D eigenvalue weighted by molar-refractivity contribution is 0.164. The molecule has 5 heteroatoms. The van der Waals surface area contributed by atoms with Gasteiger partial charge >= 0.3 is 0 Å². The number of hydrogen-bond acceptors (Lipinski definition) is 4. The molecule has 0 saturated carbocycles. The number of nitrogens with zero attached hydrogens (tertiary/aromatic N) is 1. The third-order valence-electron chi connectivity index (χ3n) is 2.40. The summed E-state index contributed by atoms with van der Waals surface area (Å²) in [4.78, 5) is 4.54. The fourth-order valence-electron chi connectivity index (χ4n) is 1.58. The van der Waals surface area contributed by atoms with Crippen molar-refractivity contribution in [2.75, 3.05) is 25.6 Å². The van der Waals surface area contributed by atoms with E-state index in [9.17, 15) is 0 Å². The summed E-state index contributed by atoms with van der Waals surface area (Å²) in [7, 11) is 1.73. The molecular formula is C12H15BrN2OS. The molecule has 1 aromatic carbocycles. The van der Waals surface area contributed by atoms with Crippen molar-refractivity contribution in [1.29, 1.82) is 0 Å². The first-order chi connectivity index (χ1) is 8.19. The average molecular weight is 315 g/mol. The van der Waals surface area contributed by atoms with Gasteiger partial charge in [0.15, 0.2) is 5.13 Å². The zero-order valence-corrected chi connectivity index (χ0v) is 12.3. The summed E-state index contributed by atoms with van der Waals surface area (Å²) in [6.45, 7) is 3.80. The van der Waals surface area contributed by atoms with E-state index in [1.165, 1.54) is 4.70 Å². The van der Waals surface area contributed by atoms with E-state index < -0.39 is 0 Å². The van der Waals surface area contributed by atoms with Gasteiger partial charge in [-0.15, -0.1) is 0 Å². The van der Waals surface area contributed by atoms with E-state index in [1.807, 2.05) is 12.1 Å². The zero-order valence-electron chi connectivity index (χ0n) is 9.87. The van der Waals surface area contributed by atoms with Crippen LogP contribution in [0.1, 0.15) is 6.92 Å². The van der Waals surface area contributed by atoms with Gasteiger partial charge in [-0.1, -0.05) is 34.2 Å². The topological polar surface area (TPSA) is 34.1 Å². The van der Waals surface area contributed by atoms with Gasteiger partial charge in [0.2, 0.25) is 0 Å². The lowest BCUT2D eigenvalue weighted by Gasteiger charge is -2.09. The molecule has 1 aromatic heterocycles. The van der Waals surface area contributed by atoms with Crippen LogP contribution in [0.15, 0.2) is 22.7 Å². The van der Waals surface area contributed by atoms with E-state index in [1.54, 1.807) is 18.4 Å². The molecule has 0 aliphatic carbocycles.